The van der Waals surface area contributed by atoms with Gasteiger partial charge < -0.3 is 13.5 Å². The van der Waals surface area contributed by atoms with Gasteiger partial charge in [0.05, 0.1) is 0 Å². The number of unbranched alkanes of at least 4 members (excludes halogenated alkanes) is 1. The first-order valence-corrected chi connectivity index (χ1v) is 2.37. The first-order chi connectivity index (χ1) is 3.91. The third-order valence-electron chi connectivity index (χ3n) is 0.354. The van der Waals surface area contributed by atoms with E-state index < -0.39 is 0 Å². The Kier molecular flexibility index (Phi) is 299. The van der Waals surface area contributed by atoms with Gasteiger partial charge in [-0.05, 0) is 0 Å². The van der Waals surface area contributed by atoms with Gasteiger partial charge >= 0.3 is 17.1 Å². The zero-order chi connectivity index (χ0) is 7.41. The fourth-order valence-electron chi connectivity index (χ4n) is 0. The summed E-state index contributed by atoms with van der Waals surface area (Å²) in [5.41, 5.74) is 0. The van der Waals surface area contributed by atoms with E-state index >= 15 is 0 Å². The molecule has 2 heteroatoms. The average molecular weight is 175 g/mol. The molecule has 0 aromatic heterocycles. The van der Waals surface area contributed by atoms with Crippen molar-refractivity contribution in [2.24, 2.45) is 0 Å². The van der Waals surface area contributed by atoms with Crippen molar-refractivity contribution in [3.05, 3.63) is 20.1 Å². The summed E-state index contributed by atoms with van der Waals surface area (Å²) in [4.78, 5) is 0. The number of nitriles is 1. The van der Waals surface area contributed by atoms with E-state index in [4.69, 9.17) is 5.26 Å². The van der Waals surface area contributed by atoms with Crippen molar-refractivity contribution in [3.63, 3.8) is 0 Å². The van der Waals surface area contributed by atoms with Crippen LogP contribution in [0.5, 0.6) is 0 Å². The predicted octanol–water partition coefficient (Wildman–Crippen LogP) is 2.36. The summed E-state index contributed by atoms with van der Waals surface area (Å²) in [5.74, 6) is 0. The van der Waals surface area contributed by atoms with Crippen LogP contribution in [0.15, 0.2) is 6.58 Å². The Morgan fingerprint density at radius 3 is 1.67 bits per heavy atom. The summed E-state index contributed by atoms with van der Waals surface area (Å²) < 4.78 is 0. The summed E-state index contributed by atoms with van der Waals surface area (Å²) in [6.45, 7) is 16.2. The monoisotopic (exact) mass is 174 g/mol. The molecule has 0 bridgehead atoms. The zero-order valence-electron chi connectivity index (χ0n) is 5.73. The van der Waals surface area contributed by atoms with Crippen LogP contribution in [0, 0.1) is 25.3 Å². The van der Waals surface area contributed by atoms with Crippen LogP contribution in [-0.2, 0) is 17.1 Å². The Balaban J connectivity index is -0.0000000221. The molecule has 0 aliphatic rings. The van der Waals surface area contributed by atoms with E-state index in [0.717, 1.165) is 6.42 Å². The van der Waals surface area contributed by atoms with Crippen molar-refractivity contribution in [2.45, 2.75) is 19.8 Å². The van der Waals surface area contributed by atoms with Gasteiger partial charge in [0.1, 0.15) is 0 Å². The van der Waals surface area contributed by atoms with Gasteiger partial charge in [-0.15, -0.1) is 0 Å². The van der Waals surface area contributed by atoms with E-state index in [0.29, 0.717) is 0 Å². The quantitative estimate of drug-likeness (QED) is 0.443. The first kappa shape index (κ1) is 23.3. The maximum absolute atomic E-state index is 6.50. The van der Waals surface area contributed by atoms with Crippen LogP contribution in [0.4, 0.5) is 0 Å². The number of hydrogen-bond donors (Lipinski definition) is 0. The first-order valence-electron chi connectivity index (χ1n) is 2.37. The summed E-state index contributed by atoms with van der Waals surface area (Å²) in [5, 5.41) is 6.50. The molecular formula is C7H13CuN. The molecule has 0 N–H and O–H groups in total. The molecule has 9 heavy (non-hydrogen) atoms. The molecule has 0 fully saturated rings. The molecular weight excluding hydrogens is 162 g/mol. The molecule has 0 saturated heterocycles. The van der Waals surface area contributed by atoms with E-state index in [9.17, 15) is 0 Å². The Morgan fingerprint density at radius 1 is 1.56 bits per heavy atom. The maximum atomic E-state index is 6.50. The van der Waals surface area contributed by atoms with Crippen molar-refractivity contribution in [1.29, 1.82) is 5.26 Å². The second-order valence-corrected chi connectivity index (χ2v) is 0.854. The van der Waals surface area contributed by atoms with Gasteiger partial charge in [0.15, 0.2) is 0 Å². The largest absolute Gasteiger partial charge is 2.00 e. The molecule has 0 saturated carbocycles. The average Bonchev–Trinajstić information content (AvgIpc) is 1.96. The second-order valence-electron chi connectivity index (χ2n) is 0.854. The van der Waals surface area contributed by atoms with Crippen molar-refractivity contribution in [1.82, 2.24) is 0 Å². The van der Waals surface area contributed by atoms with Crippen molar-refractivity contribution in [2.75, 3.05) is 0 Å². The standard InChI is InChI=1S/C4H9.C2H3.CHN.Cu/c1-3-4-2;2*1-2;/h1,3-4H2,2H3;1H,2H2;1H;/q2*-1;;+2. The van der Waals surface area contributed by atoms with Crippen molar-refractivity contribution < 1.29 is 17.1 Å². The number of hydrogen-bond acceptors (Lipinski definition) is 1. The van der Waals surface area contributed by atoms with Crippen molar-refractivity contribution in [3.8, 4) is 6.57 Å². The van der Waals surface area contributed by atoms with Crippen LogP contribution in [-0.4, -0.2) is 0 Å². The molecule has 0 aliphatic carbocycles. The Morgan fingerprint density at radius 2 is 1.67 bits per heavy atom. The minimum atomic E-state index is 0. The minimum Gasteiger partial charge on any atom is -0.521 e. The fourth-order valence-corrected chi connectivity index (χ4v) is 0. The Bertz CT molecular complexity index is 33.1. The molecule has 0 rings (SSSR count). The van der Waals surface area contributed by atoms with Gasteiger partial charge in [-0.3, -0.25) is 6.58 Å². The van der Waals surface area contributed by atoms with Crippen molar-refractivity contribution >= 4 is 0 Å². The molecule has 0 spiro atoms. The SMILES string of the molecule is C#N.[CH-]=C.[CH2-]CCC.[Cu+2]. The molecule has 1 radical (unpaired) electrons. The van der Waals surface area contributed by atoms with Gasteiger partial charge in [0.25, 0.3) is 0 Å². The van der Waals surface area contributed by atoms with E-state index in [1.165, 1.54) is 6.42 Å². The Hall–Kier alpha value is -0.251. The summed E-state index contributed by atoms with van der Waals surface area (Å²) in [6.07, 6.45) is 2.28. The maximum Gasteiger partial charge on any atom is 2.00 e. The van der Waals surface area contributed by atoms with Crippen LogP contribution in [0.25, 0.3) is 0 Å². The van der Waals surface area contributed by atoms with Crippen LogP contribution in [0.1, 0.15) is 19.8 Å². The van der Waals surface area contributed by atoms with E-state index in [1.807, 2.05) is 0 Å². The smallest absolute Gasteiger partial charge is 0.521 e. The van der Waals surface area contributed by atoms with Gasteiger partial charge in [-0.1, -0.05) is 13.3 Å². The molecule has 57 valence electrons. The van der Waals surface area contributed by atoms with E-state index in [1.54, 1.807) is 0 Å². The van der Waals surface area contributed by atoms with Gasteiger partial charge in [-0.2, -0.15) is 6.42 Å². The fraction of sp³-hybridized carbons (Fsp3) is 0.429. The predicted molar refractivity (Wildman–Crippen MR) is 36.9 cm³/mol. The van der Waals surface area contributed by atoms with Gasteiger partial charge in [0.2, 0.25) is 0 Å². The van der Waals surface area contributed by atoms with Gasteiger partial charge in [-0.25, -0.2) is 5.26 Å². The topological polar surface area (TPSA) is 23.8 Å². The van der Waals surface area contributed by atoms with Crippen LogP contribution in [0.2, 0.25) is 0 Å². The molecule has 1 nitrogen and oxygen atoms in total. The molecule has 0 aromatic rings. The van der Waals surface area contributed by atoms with Crippen LogP contribution < -0.4 is 0 Å². The van der Waals surface area contributed by atoms with Crippen LogP contribution >= 0.6 is 0 Å². The third-order valence-corrected chi connectivity index (χ3v) is 0.354. The summed E-state index contributed by atoms with van der Waals surface area (Å²) >= 11 is 0. The zero-order valence-corrected chi connectivity index (χ0v) is 6.67. The minimum absolute atomic E-state index is 0. The second kappa shape index (κ2) is 115. The van der Waals surface area contributed by atoms with E-state index in [-0.39, 0.29) is 17.1 Å². The molecule has 0 aliphatic heterocycles. The number of rotatable bonds is 1. The molecule has 0 aromatic carbocycles. The Labute approximate surface area is 69.2 Å². The summed E-state index contributed by atoms with van der Waals surface area (Å²) in [7, 11) is 0. The normalized spacial score (nSPS) is 4.00. The molecule has 0 unspecified atom stereocenters. The molecule has 0 heterocycles. The molecule has 0 atom stereocenters. The summed E-state index contributed by atoms with van der Waals surface area (Å²) in [6, 6.07) is 0. The van der Waals surface area contributed by atoms with Crippen LogP contribution in [0.3, 0.4) is 0 Å². The number of nitrogens with zero attached hydrogens (tertiary/aromatic N) is 1. The molecule has 0 amide bonds. The van der Waals surface area contributed by atoms with E-state index in [2.05, 4.69) is 33.6 Å². The third kappa shape index (κ3) is 456. The van der Waals surface area contributed by atoms with Gasteiger partial charge in [0, 0.05) is 6.57 Å².